The third-order valence-electron chi connectivity index (χ3n) is 4.85. The lowest BCUT2D eigenvalue weighted by atomic mass is 10.1. The lowest BCUT2D eigenvalue weighted by molar-refractivity contribution is 0.0951. The summed E-state index contributed by atoms with van der Waals surface area (Å²) < 4.78 is 5.43. The van der Waals surface area contributed by atoms with E-state index in [-0.39, 0.29) is 5.91 Å². The molecule has 3 aromatic rings. The van der Waals surface area contributed by atoms with E-state index >= 15 is 0 Å². The summed E-state index contributed by atoms with van der Waals surface area (Å²) in [5, 5.41) is 7.02. The zero-order valence-electron chi connectivity index (χ0n) is 14.5. The van der Waals surface area contributed by atoms with Gasteiger partial charge in [0.05, 0.1) is 0 Å². The standard InChI is InChI=1S/C21H21N3O2/c25-20(22-14-15-6-2-1-3-7-15)17-12-10-16(11-13-17)19-23-21(26-24-19)18-8-4-5-9-18/h1-3,6-7,10-13,18H,4-5,8-9,14H2,(H,22,25). The molecule has 2 aromatic carbocycles. The Hall–Kier alpha value is -2.95. The minimum Gasteiger partial charge on any atom is -0.348 e. The number of carbonyl (C=O) groups is 1. The number of nitrogens with zero attached hydrogens (tertiary/aromatic N) is 2. The monoisotopic (exact) mass is 347 g/mol. The van der Waals surface area contributed by atoms with Gasteiger partial charge in [0.25, 0.3) is 5.91 Å². The van der Waals surface area contributed by atoms with E-state index in [1.165, 1.54) is 12.8 Å². The fourth-order valence-corrected chi connectivity index (χ4v) is 3.34. The molecular formula is C21H21N3O2. The first-order valence-corrected chi connectivity index (χ1v) is 9.06. The largest absolute Gasteiger partial charge is 0.348 e. The number of carbonyl (C=O) groups excluding carboxylic acids is 1. The normalized spacial score (nSPS) is 14.5. The molecule has 1 amide bonds. The lowest BCUT2D eigenvalue weighted by Gasteiger charge is -2.05. The predicted octanol–water partition coefficient (Wildman–Crippen LogP) is 4.32. The van der Waals surface area contributed by atoms with E-state index in [2.05, 4.69) is 15.5 Å². The number of rotatable bonds is 5. The fourth-order valence-electron chi connectivity index (χ4n) is 3.34. The summed E-state index contributed by atoms with van der Waals surface area (Å²) in [7, 11) is 0. The quantitative estimate of drug-likeness (QED) is 0.746. The van der Waals surface area contributed by atoms with Gasteiger partial charge in [0.2, 0.25) is 11.7 Å². The molecule has 26 heavy (non-hydrogen) atoms. The van der Waals surface area contributed by atoms with Crippen molar-refractivity contribution in [3.8, 4) is 11.4 Å². The van der Waals surface area contributed by atoms with Crippen LogP contribution < -0.4 is 5.32 Å². The van der Waals surface area contributed by atoms with E-state index in [4.69, 9.17) is 4.52 Å². The Kier molecular flexibility index (Phi) is 4.78. The molecule has 0 radical (unpaired) electrons. The Bertz CT molecular complexity index is 866. The third-order valence-corrected chi connectivity index (χ3v) is 4.85. The molecule has 1 saturated carbocycles. The van der Waals surface area contributed by atoms with E-state index in [0.717, 1.165) is 29.9 Å². The average molecular weight is 347 g/mol. The van der Waals surface area contributed by atoms with Crippen LogP contribution in [-0.2, 0) is 6.54 Å². The van der Waals surface area contributed by atoms with E-state index in [9.17, 15) is 4.79 Å². The van der Waals surface area contributed by atoms with E-state index in [1.807, 2.05) is 42.5 Å². The maximum absolute atomic E-state index is 12.3. The molecule has 5 nitrogen and oxygen atoms in total. The molecule has 0 aliphatic heterocycles. The van der Waals surface area contributed by atoms with Crippen molar-refractivity contribution in [3.63, 3.8) is 0 Å². The van der Waals surface area contributed by atoms with Crippen LogP contribution in [0.3, 0.4) is 0 Å². The van der Waals surface area contributed by atoms with Crippen LogP contribution in [0.25, 0.3) is 11.4 Å². The topological polar surface area (TPSA) is 68.0 Å². The van der Waals surface area contributed by atoms with E-state index < -0.39 is 0 Å². The molecule has 0 saturated heterocycles. The molecule has 0 bridgehead atoms. The second-order valence-corrected chi connectivity index (χ2v) is 6.68. The Morgan fingerprint density at radius 2 is 1.77 bits per heavy atom. The number of aromatic nitrogens is 2. The number of benzene rings is 2. The Morgan fingerprint density at radius 1 is 1.04 bits per heavy atom. The van der Waals surface area contributed by atoms with Gasteiger partial charge >= 0.3 is 0 Å². The van der Waals surface area contributed by atoms with Crippen LogP contribution in [0.4, 0.5) is 0 Å². The molecule has 1 aliphatic rings. The molecule has 0 atom stereocenters. The second-order valence-electron chi connectivity index (χ2n) is 6.68. The fraction of sp³-hybridized carbons (Fsp3) is 0.286. The van der Waals surface area contributed by atoms with Crippen LogP contribution in [0, 0.1) is 0 Å². The summed E-state index contributed by atoms with van der Waals surface area (Å²) >= 11 is 0. The third kappa shape index (κ3) is 3.67. The van der Waals surface area contributed by atoms with E-state index in [1.54, 1.807) is 12.1 Å². The van der Waals surface area contributed by atoms with Crippen LogP contribution >= 0.6 is 0 Å². The van der Waals surface area contributed by atoms with Crippen molar-refractivity contribution >= 4 is 5.91 Å². The second kappa shape index (κ2) is 7.52. The molecule has 0 unspecified atom stereocenters. The molecule has 4 rings (SSSR count). The summed E-state index contributed by atoms with van der Waals surface area (Å²) in [6, 6.07) is 17.2. The molecule has 5 heteroatoms. The highest BCUT2D eigenvalue weighted by Gasteiger charge is 2.23. The average Bonchev–Trinajstić information content (AvgIpc) is 3.38. The first-order valence-electron chi connectivity index (χ1n) is 9.06. The van der Waals surface area contributed by atoms with Crippen LogP contribution in [-0.4, -0.2) is 16.0 Å². The summed E-state index contributed by atoms with van der Waals surface area (Å²) in [5.74, 6) is 1.63. The molecule has 1 heterocycles. The molecule has 1 aromatic heterocycles. The van der Waals surface area contributed by atoms with Gasteiger partial charge in [0.1, 0.15) is 0 Å². The van der Waals surface area contributed by atoms with Crippen molar-refractivity contribution in [1.82, 2.24) is 15.5 Å². The summed E-state index contributed by atoms with van der Waals surface area (Å²) in [6.45, 7) is 0.511. The van der Waals surface area contributed by atoms with Crippen LogP contribution in [0.1, 0.15) is 53.4 Å². The van der Waals surface area contributed by atoms with Crippen LogP contribution in [0.15, 0.2) is 59.1 Å². The number of hydrogen-bond donors (Lipinski definition) is 1. The van der Waals surface area contributed by atoms with Gasteiger partial charge in [-0.05, 0) is 30.5 Å². The highest BCUT2D eigenvalue weighted by Crippen LogP contribution is 2.33. The van der Waals surface area contributed by atoms with Crippen LogP contribution in [0.5, 0.6) is 0 Å². The zero-order chi connectivity index (χ0) is 17.8. The molecule has 132 valence electrons. The van der Waals surface area contributed by atoms with Crippen LogP contribution in [0.2, 0.25) is 0 Å². The molecule has 1 fully saturated rings. The van der Waals surface area contributed by atoms with Gasteiger partial charge in [-0.2, -0.15) is 4.98 Å². The van der Waals surface area contributed by atoms with Gasteiger partial charge in [-0.1, -0.05) is 60.5 Å². The molecule has 0 spiro atoms. The van der Waals surface area contributed by atoms with Crippen molar-refractivity contribution in [2.45, 2.75) is 38.1 Å². The van der Waals surface area contributed by atoms with Gasteiger partial charge in [-0.25, -0.2) is 0 Å². The maximum Gasteiger partial charge on any atom is 0.251 e. The Balaban J connectivity index is 1.40. The summed E-state index contributed by atoms with van der Waals surface area (Å²) in [6.07, 6.45) is 4.72. The summed E-state index contributed by atoms with van der Waals surface area (Å²) in [5.41, 5.74) is 2.55. The number of amides is 1. The van der Waals surface area contributed by atoms with Crippen molar-refractivity contribution in [2.24, 2.45) is 0 Å². The van der Waals surface area contributed by atoms with Gasteiger partial charge < -0.3 is 9.84 Å². The lowest BCUT2D eigenvalue weighted by Crippen LogP contribution is -2.22. The molecule has 1 aliphatic carbocycles. The predicted molar refractivity (Wildman–Crippen MR) is 98.6 cm³/mol. The van der Waals surface area contributed by atoms with Crippen molar-refractivity contribution in [3.05, 3.63) is 71.6 Å². The first-order chi connectivity index (χ1) is 12.8. The Labute approximate surface area is 152 Å². The van der Waals surface area contributed by atoms with Crippen molar-refractivity contribution in [2.75, 3.05) is 0 Å². The minimum atomic E-state index is -0.0971. The minimum absolute atomic E-state index is 0.0971. The van der Waals surface area contributed by atoms with Crippen molar-refractivity contribution in [1.29, 1.82) is 0 Å². The summed E-state index contributed by atoms with van der Waals surface area (Å²) in [4.78, 5) is 16.8. The maximum atomic E-state index is 12.3. The van der Waals surface area contributed by atoms with Gasteiger partial charge in [-0.3, -0.25) is 4.79 Å². The highest BCUT2D eigenvalue weighted by atomic mass is 16.5. The molecular weight excluding hydrogens is 326 g/mol. The highest BCUT2D eigenvalue weighted by molar-refractivity contribution is 5.94. The smallest absolute Gasteiger partial charge is 0.251 e. The number of nitrogens with one attached hydrogen (secondary N) is 1. The Morgan fingerprint density at radius 3 is 2.50 bits per heavy atom. The zero-order valence-corrected chi connectivity index (χ0v) is 14.5. The number of hydrogen-bond acceptors (Lipinski definition) is 4. The van der Waals surface area contributed by atoms with Crippen molar-refractivity contribution < 1.29 is 9.32 Å². The van der Waals surface area contributed by atoms with E-state index in [0.29, 0.717) is 23.9 Å². The first kappa shape index (κ1) is 16.5. The van der Waals surface area contributed by atoms with Gasteiger partial charge in [0, 0.05) is 23.6 Å². The van der Waals surface area contributed by atoms with Gasteiger partial charge in [-0.15, -0.1) is 0 Å². The SMILES string of the molecule is O=C(NCc1ccccc1)c1ccc(-c2noc(C3CCCC3)n2)cc1. The van der Waals surface area contributed by atoms with Gasteiger partial charge in [0.15, 0.2) is 0 Å². The molecule has 1 N–H and O–H groups in total.